The van der Waals surface area contributed by atoms with E-state index in [0.29, 0.717) is 13.2 Å². The first-order valence-electron chi connectivity index (χ1n) is 7.21. The predicted molar refractivity (Wildman–Crippen MR) is 78.5 cm³/mol. The Kier molecular flexibility index (Phi) is 4.01. The molecule has 0 saturated carbocycles. The van der Waals surface area contributed by atoms with Gasteiger partial charge < -0.3 is 14.2 Å². The number of nitrogens with zero attached hydrogens (tertiary/aromatic N) is 3. The summed E-state index contributed by atoms with van der Waals surface area (Å²) in [6, 6.07) is 10.1. The number of ether oxygens (including phenoxy) is 1. The number of rotatable bonds is 4. The van der Waals surface area contributed by atoms with Crippen molar-refractivity contribution in [2.24, 2.45) is 0 Å². The van der Waals surface area contributed by atoms with Gasteiger partial charge in [0.05, 0.1) is 12.6 Å². The van der Waals surface area contributed by atoms with Gasteiger partial charge in [0, 0.05) is 25.5 Å². The number of hydrogen-bond donors (Lipinski definition) is 0. The van der Waals surface area contributed by atoms with E-state index in [9.17, 15) is 4.79 Å². The monoisotopic (exact) mass is 285 g/mol. The van der Waals surface area contributed by atoms with E-state index in [4.69, 9.17) is 4.74 Å². The van der Waals surface area contributed by atoms with Crippen LogP contribution in [0.1, 0.15) is 24.4 Å². The second-order valence-corrected chi connectivity index (χ2v) is 5.08. The first-order valence-corrected chi connectivity index (χ1v) is 7.21. The van der Waals surface area contributed by atoms with Gasteiger partial charge in [-0.15, -0.1) is 0 Å². The van der Waals surface area contributed by atoms with Gasteiger partial charge in [-0.05, 0) is 12.5 Å². The largest absolute Gasteiger partial charge is 0.372 e. The minimum atomic E-state index is 0.0138. The molecule has 5 nitrogen and oxygen atoms in total. The number of aromatic nitrogens is 2. The Morgan fingerprint density at radius 2 is 2.19 bits per heavy atom. The number of benzene rings is 1. The molecule has 1 aromatic carbocycles. The fraction of sp³-hybridized carbons (Fsp3) is 0.375. The highest BCUT2D eigenvalue weighted by Gasteiger charge is 2.31. The van der Waals surface area contributed by atoms with Gasteiger partial charge >= 0.3 is 0 Å². The molecule has 1 aromatic heterocycles. The van der Waals surface area contributed by atoms with Crippen LogP contribution in [0.25, 0.3) is 0 Å². The van der Waals surface area contributed by atoms with Crippen molar-refractivity contribution >= 4 is 5.91 Å². The molecule has 1 aliphatic rings. The molecule has 0 fully saturated rings. The van der Waals surface area contributed by atoms with Crippen LogP contribution in [0, 0.1) is 0 Å². The van der Waals surface area contributed by atoms with E-state index in [1.165, 1.54) is 0 Å². The van der Waals surface area contributed by atoms with Crippen molar-refractivity contribution in [2.75, 3.05) is 13.2 Å². The fourth-order valence-electron chi connectivity index (χ4n) is 2.70. The summed E-state index contributed by atoms with van der Waals surface area (Å²) in [5.41, 5.74) is 1.14. The van der Waals surface area contributed by atoms with Crippen LogP contribution < -0.4 is 0 Å². The number of amides is 1. The van der Waals surface area contributed by atoms with Crippen LogP contribution in [0.5, 0.6) is 0 Å². The lowest BCUT2D eigenvalue weighted by atomic mass is 10.0. The average Bonchev–Trinajstić information content (AvgIpc) is 2.99. The van der Waals surface area contributed by atoms with Gasteiger partial charge in [-0.1, -0.05) is 30.3 Å². The molecule has 1 aliphatic heterocycles. The molecule has 2 heterocycles. The van der Waals surface area contributed by atoms with Gasteiger partial charge in [0.15, 0.2) is 0 Å². The van der Waals surface area contributed by atoms with Gasteiger partial charge in [0.1, 0.15) is 12.4 Å². The van der Waals surface area contributed by atoms with Crippen molar-refractivity contribution < 1.29 is 9.53 Å². The molecule has 0 saturated heterocycles. The van der Waals surface area contributed by atoms with Crippen molar-refractivity contribution in [3.05, 3.63) is 54.1 Å². The van der Waals surface area contributed by atoms with Crippen molar-refractivity contribution in [1.29, 1.82) is 0 Å². The summed E-state index contributed by atoms with van der Waals surface area (Å²) >= 11 is 0. The molecule has 5 heteroatoms. The Morgan fingerprint density at radius 1 is 1.38 bits per heavy atom. The zero-order chi connectivity index (χ0) is 14.7. The first-order chi connectivity index (χ1) is 10.3. The third kappa shape index (κ3) is 2.83. The molecule has 0 bridgehead atoms. The number of carbonyl (C=O) groups is 1. The summed E-state index contributed by atoms with van der Waals surface area (Å²) in [5, 5.41) is 0. The zero-order valence-corrected chi connectivity index (χ0v) is 12.1. The molecule has 1 atom stereocenters. The Bertz CT molecular complexity index is 609. The lowest BCUT2D eigenvalue weighted by Gasteiger charge is -2.36. The van der Waals surface area contributed by atoms with E-state index in [2.05, 4.69) is 21.7 Å². The van der Waals surface area contributed by atoms with Crippen LogP contribution in [0.3, 0.4) is 0 Å². The first kappa shape index (κ1) is 13.8. The molecule has 0 aliphatic carbocycles. The van der Waals surface area contributed by atoms with Gasteiger partial charge in [-0.2, -0.15) is 0 Å². The highest BCUT2D eigenvalue weighted by Crippen LogP contribution is 2.29. The quantitative estimate of drug-likeness (QED) is 0.863. The Morgan fingerprint density at radius 3 is 2.95 bits per heavy atom. The van der Waals surface area contributed by atoms with Gasteiger partial charge in [0.2, 0.25) is 5.91 Å². The molecular formula is C16H19N3O2. The number of fused-ring (bicyclic) bond motifs is 1. The summed E-state index contributed by atoms with van der Waals surface area (Å²) in [6.07, 6.45) is 3.75. The summed E-state index contributed by atoms with van der Waals surface area (Å²) in [7, 11) is 0. The van der Waals surface area contributed by atoms with E-state index >= 15 is 0 Å². The number of hydrogen-bond acceptors (Lipinski definition) is 3. The summed E-state index contributed by atoms with van der Waals surface area (Å²) in [6.45, 7) is 3.82. The SMILES string of the molecule is CCOCC(=O)N1Cc2nccn2CC1c1ccccc1. The molecule has 2 aromatic rings. The van der Waals surface area contributed by atoms with Crippen molar-refractivity contribution in [1.82, 2.24) is 14.5 Å². The summed E-state index contributed by atoms with van der Waals surface area (Å²) in [5.74, 6) is 0.937. The Labute approximate surface area is 124 Å². The predicted octanol–water partition coefficient (Wildman–Crippen LogP) is 2.00. The molecule has 0 N–H and O–H groups in total. The summed E-state index contributed by atoms with van der Waals surface area (Å²) in [4.78, 5) is 18.6. The van der Waals surface area contributed by atoms with Gasteiger partial charge in [0.25, 0.3) is 0 Å². The van der Waals surface area contributed by atoms with Crippen molar-refractivity contribution in [3.63, 3.8) is 0 Å². The van der Waals surface area contributed by atoms with Gasteiger partial charge in [-0.3, -0.25) is 4.79 Å². The third-order valence-corrected chi connectivity index (χ3v) is 3.79. The van der Waals surface area contributed by atoms with Crippen LogP contribution in [-0.2, 0) is 22.6 Å². The normalized spacial score (nSPS) is 17.6. The van der Waals surface area contributed by atoms with E-state index in [1.54, 1.807) is 6.20 Å². The van der Waals surface area contributed by atoms with Crippen LogP contribution in [0.15, 0.2) is 42.7 Å². The van der Waals surface area contributed by atoms with Crippen LogP contribution in [0.2, 0.25) is 0 Å². The molecule has 21 heavy (non-hydrogen) atoms. The number of carbonyl (C=O) groups excluding carboxylic acids is 1. The highest BCUT2D eigenvalue weighted by atomic mass is 16.5. The lowest BCUT2D eigenvalue weighted by Crippen LogP contribution is -2.42. The standard InChI is InChI=1S/C16H19N3O2/c1-2-21-12-16(20)19-11-15-17-8-9-18(15)10-14(19)13-6-4-3-5-7-13/h3-9,14H,2,10-12H2,1H3. The maximum Gasteiger partial charge on any atom is 0.249 e. The number of imidazole rings is 1. The smallest absolute Gasteiger partial charge is 0.249 e. The van der Waals surface area contributed by atoms with E-state index < -0.39 is 0 Å². The Hall–Kier alpha value is -2.14. The van der Waals surface area contributed by atoms with Crippen LogP contribution >= 0.6 is 0 Å². The van der Waals surface area contributed by atoms with Crippen molar-refractivity contribution in [2.45, 2.75) is 26.1 Å². The molecule has 1 amide bonds. The van der Waals surface area contributed by atoms with Crippen LogP contribution in [0.4, 0.5) is 0 Å². The molecule has 1 unspecified atom stereocenters. The maximum absolute atomic E-state index is 12.4. The molecule has 110 valence electrons. The average molecular weight is 285 g/mol. The second kappa shape index (κ2) is 6.10. The third-order valence-electron chi connectivity index (χ3n) is 3.79. The molecule has 3 rings (SSSR count). The Balaban J connectivity index is 1.89. The zero-order valence-electron chi connectivity index (χ0n) is 12.1. The van der Waals surface area contributed by atoms with E-state index in [0.717, 1.165) is 17.9 Å². The van der Waals surface area contributed by atoms with E-state index in [1.807, 2.05) is 36.2 Å². The fourth-order valence-corrected chi connectivity index (χ4v) is 2.70. The maximum atomic E-state index is 12.4. The van der Waals surface area contributed by atoms with Gasteiger partial charge in [-0.25, -0.2) is 4.98 Å². The molecular weight excluding hydrogens is 266 g/mol. The van der Waals surface area contributed by atoms with Crippen LogP contribution in [-0.4, -0.2) is 33.6 Å². The molecule has 0 spiro atoms. The molecule has 0 radical (unpaired) electrons. The lowest BCUT2D eigenvalue weighted by molar-refractivity contribution is -0.140. The van der Waals surface area contributed by atoms with Crippen molar-refractivity contribution in [3.8, 4) is 0 Å². The minimum absolute atomic E-state index is 0.0138. The highest BCUT2D eigenvalue weighted by molar-refractivity contribution is 5.78. The topological polar surface area (TPSA) is 47.4 Å². The minimum Gasteiger partial charge on any atom is -0.372 e. The second-order valence-electron chi connectivity index (χ2n) is 5.08. The summed E-state index contributed by atoms with van der Waals surface area (Å²) < 4.78 is 7.40. The van der Waals surface area contributed by atoms with E-state index in [-0.39, 0.29) is 18.6 Å².